The van der Waals surface area contributed by atoms with Gasteiger partial charge in [-0.05, 0) is 24.1 Å². The quantitative estimate of drug-likeness (QED) is 0.395. The molecule has 31 heavy (non-hydrogen) atoms. The van der Waals surface area contributed by atoms with Crippen molar-refractivity contribution in [1.82, 2.24) is 15.6 Å². The molecule has 3 aromatic rings. The molecule has 0 bridgehead atoms. The van der Waals surface area contributed by atoms with E-state index in [0.717, 1.165) is 21.2 Å². The Morgan fingerprint density at radius 1 is 1.06 bits per heavy atom. The van der Waals surface area contributed by atoms with E-state index >= 15 is 0 Å². The zero-order valence-electron chi connectivity index (χ0n) is 16.8. The molecular weight excluding hydrogens is 434 g/mol. The number of carbonyl (C=O) groups excluding carboxylic acids is 3. The van der Waals surface area contributed by atoms with E-state index in [1.54, 1.807) is 23.5 Å². The summed E-state index contributed by atoms with van der Waals surface area (Å²) in [5, 5.41) is 6.69. The fraction of sp³-hybridized carbons (Fsp3) is 0.182. The summed E-state index contributed by atoms with van der Waals surface area (Å²) in [7, 11) is 0. The molecule has 0 spiro atoms. The molecule has 0 aliphatic heterocycles. The van der Waals surface area contributed by atoms with Crippen molar-refractivity contribution in [1.29, 1.82) is 0 Å². The van der Waals surface area contributed by atoms with E-state index in [9.17, 15) is 14.4 Å². The maximum Gasteiger partial charge on any atom is 0.338 e. The molecule has 3 amide bonds. The minimum absolute atomic E-state index is 0.281. The summed E-state index contributed by atoms with van der Waals surface area (Å²) in [6, 6.07) is 15.7. The lowest BCUT2D eigenvalue weighted by Crippen LogP contribution is -2.41. The van der Waals surface area contributed by atoms with Gasteiger partial charge in [0.15, 0.2) is 6.61 Å². The number of aromatic nitrogens is 1. The van der Waals surface area contributed by atoms with Crippen LogP contribution in [0.1, 0.15) is 27.2 Å². The molecule has 0 unspecified atom stereocenters. The predicted molar refractivity (Wildman–Crippen MR) is 120 cm³/mol. The molecule has 0 aliphatic rings. The summed E-state index contributed by atoms with van der Waals surface area (Å²) in [5.74, 6) is -0.776. The number of thiazole rings is 1. The van der Waals surface area contributed by atoms with Crippen molar-refractivity contribution in [3.8, 4) is 0 Å². The number of nitrogens with one attached hydrogen (secondary N) is 2. The van der Waals surface area contributed by atoms with Crippen molar-refractivity contribution in [3.05, 3.63) is 82.4 Å². The molecule has 0 radical (unpaired) electrons. The van der Waals surface area contributed by atoms with Crippen molar-refractivity contribution >= 4 is 41.0 Å². The molecule has 2 aromatic carbocycles. The lowest BCUT2D eigenvalue weighted by Gasteiger charge is -2.10. The molecule has 0 saturated heterocycles. The normalized spacial score (nSPS) is 10.4. The first-order valence-electron chi connectivity index (χ1n) is 9.43. The highest BCUT2D eigenvalue weighted by Gasteiger charge is 2.16. The minimum Gasteiger partial charge on any atom is -0.452 e. The molecule has 1 aromatic heterocycles. The average Bonchev–Trinajstić information content (AvgIpc) is 3.20. The number of hydrogen-bond donors (Lipinski definition) is 2. The fourth-order valence-electron chi connectivity index (χ4n) is 2.58. The fourth-order valence-corrected chi connectivity index (χ4v) is 4.43. The van der Waals surface area contributed by atoms with E-state index in [0.29, 0.717) is 11.3 Å². The van der Waals surface area contributed by atoms with Crippen LogP contribution in [0.3, 0.4) is 0 Å². The van der Waals surface area contributed by atoms with E-state index in [1.807, 2.05) is 54.8 Å². The summed E-state index contributed by atoms with van der Waals surface area (Å²) < 4.78 is 6.02. The van der Waals surface area contributed by atoms with Crippen LogP contribution in [-0.2, 0) is 21.8 Å². The number of urea groups is 1. The Hall–Kier alpha value is -3.17. The monoisotopic (exact) mass is 455 g/mol. The number of nitrogens with zero attached hydrogens (tertiary/aromatic N) is 1. The summed E-state index contributed by atoms with van der Waals surface area (Å²) in [5.41, 5.74) is 3.02. The summed E-state index contributed by atoms with van der Waals surface area (Å²) in [6.45, 7) is 1.66. The van der Waals surface area contributed by atoms with Gasteiger partial charge in [0.05, 0.1) is 5.56 Å². The van der Waals surface area contributed by atoms with Gasteiger partial charge in [0.2, 0.25) is 0 Å². The molecule has 0 aliphatic carbocycles. The van der Waals surface area contributed by atoms with Crippen LogP contribution in [0.5, 0.6) is 0 Å². The van der Waals surface area contributed by atoms with E-state index in [-0.39, 0.29) is 6.54 Å². The molecule has 7 nitrogen and oxygen atoms in total. The first-order chi connectivity index (χ1) is 15.0. The summed E-state index contributed by atoms with van der Waals surface area (Å²) >= 11 is 3.08. The lowest BCUT2D eigenvalue weighted by molar-refractivity contribution is -0.123. The third kappa shape index (κ3) is 7.23. The average molecular weight is 456 g/mol. The van der Waals surface area contributed by atoms with Gasteiger partial charge >= 0.3 is 12.0 Å². The predicted octanol–water partition coefficient (Wildman–Crippen LogP) is 3.93. The standard InChI is InChI=1S/C22H21N3O4S2/c1-15-13-30-22(24-15)31-14-17-9-5-6-10-18(17)20(27)29-12-19(26)25-21(28)23-11-16-7-3-2-4-8-16/h2-10,13H,11-12,14H2,1H3,(H2,23,25,26,28). The number of imide groups is 1. The number of aryl methyl sites for hydroxylation is 1. The number of rotatable bonds is 8. The second kappa shape index (κ2) is 11.3. The number of hydrogen-bond acceptors (Lipinski definition) is 7. The molecule has 9 heteroatoms. The van der Waals surface area contributed by atoms with Crippen LogP contribution >= 0.6 is 23.1 Å². The first-order valence-corrected chi connectivity index (χ1v) is 11.3. The number of amides is 3. The number of thioether (sulfide) groups is 1. The van der Waals surface area contributed by atoms with Crippen molar-refractivity contribution < 1.29 is 19.1 Å². The van der Waals surface area contributed by atoms with Crippen LogP contribution in [0.4, 0.5) is 4.79 Å². The minimum atomic E-state index is -0.705. The van der Waals surface area contributed by atoms with E-state index < -0.39 is 24.5 Å². The Morgan fingerprint density at radius 2 is 1.81 bits per heavy atom. The third-order valence-electron chi connectivity index (χ3n) is 4.07. The molecule has 160 valence electrons. The maximum absolute atomic E-state index is 12.5. The molecule has 3 rings (SSSR count). The first kappa shape index (κ1) is 22.5. The van der Waals surface area contributed by atoms with Crippen LogP contribution in [0.2, 0.25) is 0 Å². The Kier molecular flexibility index (Phi) is 8.19. The molecule has 0 fully saturated rings. The van der Waals surface area contributed by atoms with Gasteiger partial charge in [-0.25, -0.2) is 14.6 Å². The second-order valence-corrected chi connectivity index (χ2v) is 8.57. The van der Waals surface area contributed by atoms with Gasteiger partial charge in [0.1, 0.15) is 4.34 Å². The van der Waals surface area contributed by atoms with Crippen molar-refractivity contribution in [2.24, 2.45) is 0 Å². The third-order valence-corrected chi connectivity index (χ3v) is 6.26. The SMILES string of the molecule is Cc1csc(SCc2ccccc2C(=O)OCC(=O)NC(=O)NCc2ccccc2)n1. The van der Waals surface area contributed by atoms with Crippen LogP contribution in [0, 0.1) is 6.92 Å². The number of benzene rings is 2. The highest BCUT2D eigenvalue weighted by atomic mass is 32.2. The van der Waals surface area contributed by atoms with Gasteiger partial charge in [-0.15, -0.1) is 11.3 Å². The number of ether oxygens (including phenoxy) is 1. The highest BCUT2D eigenvalue weighted by molar-refractivity contribution is 8.00. The Labute approximate surface area is 188 Å². The lowest BCUT2D eigenvalue weighted by atomic mass is 10.1. The Bertz CT molecular complexity index is 1050. The van der Waals surface area contributed by atoms with Crippen LogP contribution in [0.25, 0.3) is 0 Å². The molecule has 0 atom stereocenters. The Morgan fingerprint density at radius 3 is 2.55 bits per heavy atom. The van der Waals surface area contributed by atoms with Crippen molar-refractivity contribution in [3.63, 3.8) is 0 Å². The molecule has 2 N–H and O–H groups in total. The van der Waals surface area contributed by atoms with E-state index in [2.05, 4.69) is 15.6 Å². The summed E-state index contributed by atoms with van der Waals surface area (Å²) in [4.78, 5) is 40.6. The van der Waals surface area contributed by atoms with Gasteiger partial charge in [0.25, 0.3) is 5.91 Å². The van der Waals surface area contributed by atoms with Crippen molar-refractivity contribution in [2.75, 3.05) is 6.61 Å². The van der Waals surface area contributed by atoms with E-state index in [4.69, 9.17) is 4.74 Å². The van der Waals surface area contributed by atoms with Crippen molar-refractivity contribution in [2.45, 2.75) is 23.6 Å². The molecule has 1 heterocycles. The number of esters is 1. The highest BCUT2D eigenvalue weighted by Crippen LogP contribution is 2.27. The zero-order valence-corrected chi connectivity index (χ0v) is 18.4. The van der Waals surface area contributed by atoms with Crippen LogP contribution in [0.15, 0.2) is 64.3 Å². The number of carbonyl (C=O) groups is 3. The largest absolute Gasteiger partial charge is 0.452 e. The van der Waals surface area contributed by atoms with E-state index in [1.165, 1.54) is 11.8 Å². The van der Waals surface area contributed by atoms with Gasteiger partial charge in [-0.3, -0.25) is 10.1 Å². The van der Waals surface area contributed by atoms with Crippen LogP contribution < -0.4 is 10.6 Å². The maximum atomic E-state index is 12.5. The second-order valence-electron chi connectivity index (χ2n) is 6.49. The van der Waals surface area contributed by atoms with Gasteiger partial charge in [-0.2, -0.15) is 0 Å². The Balaban J connectivity index is 1.46. The zero-order chi connectivity index (χ0) is 22.1. The van der Waals surface area contributed by atoms with Gasteiger partial charge in [-0.1, -0.05) is 60.3 Å². The van der Waals surface area contributed by atoms with Crippen LogP contribution in [-0.4, -0.2) is 29.5 Å². The summed E-state index contributed by atoms with van der Waals surface area (Å²) in [6.07, 6.45) is 0. The van der Waals surface area contributed by atoms with Gasteiger partial charge in [0, 0.05) is 23.4 Å². The smallest absolute Gasteiger partial charge is 0.338 e. The van der Waals surface area contributed by atoms with Gasteiger partial charge < -0.3 is 10.1 Å². The molecular formula is C22H21N3O4S2. The topological polar surface area (TPSA) is 97.4 Å². The molecule has 0 saturated carbocycles.